The van der Waals surface area contributed by atoms with E-state index in [-0.39, 0.29) is 5.75 Å². The summed E-state index contributed by atoms with van der Waals surface area (Å²) >= 11 is 0. The molecule has 1 aromatic rings. The van der Waals surface area contributed by atoms with Gasteiger partial charge in [-0.3, -0.25) is 0 Å². The Balaban J connectivity index is 2.46. The largest absolute Gasteiger partial charge is 0.325 e. The van der Waals surface area contributed by atoms with E-state index in [0.717, 1.165) is 24.0 Å². The van der Waals surface area contributed by atoms with Gasteiger partial charge in [-0.15, -0.1) is 0 Å². The summed E-state index contributed by atoms with van der Waals surface area (Å²) in [6.07, 6.45) is 2.02. The summed E-state index contributed by atoms with van der Waals surface area (Å²) < 4.78 is 23.0. The van der Waals surface area contributed by atoms with Crippen molar-refractivity contribution in [3.8, 4) is 0 Å². The highest BCUT2D eigenvalue weighted by Crippen LogP contribution is 2.10. The average molecular weight is 256 g/mol. The van der Waals surface area contributed by atoms with Crippen LogP contribution in [0.4, 0.5) is 0 Å². The maximum absolute atomic E-state index is 11.1. The van der Waals surface area contributed by atoms with Crippen LogP contribution in [-0.4, -0.2) is 45.5 Å². The fourth-order valence-corrected chi connectivity index (χ4v) is 2.56. The van der Waals surface area contributed by atoms with Gasteiger partial charge in [-0.05, 0) is 0 Å². The number of hydrogen-bond donors (Lipinski definition) is 0. The van der Waals surface area contributed by atoms with Crippen molar-refractivity contribution in [3.05, 3.63) is 35.9 Å². The molecule has 0 aromatic heterocycles. The molecule has 1 aromatic carbocycles. The van der Waals surface area contributed by atoms with Gasteiger partial charge in [-0.25, -0.2) is 8.42 Å². The van der Waals surface area contributed by atoms with Crippen LogP contribution >= 0.6 is 0 Å². The van der Waals surface area contributed by atoms with E-state index in [1.807, 2.05) is 18.2 Å². The number of sulfone groups is 1. The molecule has 4 heteroatoms. The van der Waals surface area contributed by atoms with Crippen LogP contribution in [0.3, 0.4) is 0 Å². The number of nitrogens with zero attached hydrogens (tertiary/aromatic N) is 1. The molecule has 0 unspecified atom stereocenters. The summed E-state index contributed by atoms with van der Waals surface area (Å²) in [6.45, 7) is 1.81. The number of benzene rings is 1. The van der Waals surface area contributed by atoms with E-state index in [0.29, 0.717) is 0 Å². The molecular formula is C13H22NO2S+. The Morgan fingerprint density at radius 3 is 2.24 bits per heavy atom. The summed E-state index contributed by atoms with van der Waals surface area (Å²) in [5.41, 5.74) is 1.29. The predicted molar refractivity (Wildman–Crippen MR) is 71.4 cm³/mol. The average Bonchev–Trinajstić information content (AvgIpc) is 2.15. The first-order valence-electron chi connectivity index (χ1n) is 5.82. The fraction of sp³-hybridized carbons (Fsp3) is 0.538. The molecule has 3 nitrogen and oxygen atoms in total. The summed E-state index contributed by atoms with van der Waals surface area (Å²) in [7, 11) is 1.44. The highest BCUT2D eigenvalue weighted by atomic mass is 32.2. The first-order valence-corrected chi connectivity index (χ1v) is 7.88. The monoisotopic (exact) mass is 256 g/mol. The molecule has 0 atom stereocenters. The van der Waals surface area contributed by atoms with Crippen molar-refractivity contribution in [3.63, 3.8) is 0 Å². The van der Waals surface area contributed by atoms with Crippen LogP contribution < -0.4 is 0 Å². The lowest BCUT2D eigenvalue weighted by Crippen LogP contribution is -2.40. The van der Waals surface area contributed by atoms with Gasteiger partial charge >= 0.3 is 0 Å². The SMILES string of the molecule is C[N+](C)(CCCS(C)(=O)=O)Cc1ccccc1. The number of quaternary nitrogens is 1. The fourth-order valence-electron chi connectivity index (χ4n) is 1.91. The van der Waals surface area contributed by atoms with Crippen LogP contribution in [-0.2, 0) is 16.4 Å². The Kier molecular flexibility index (Phi) is 4.71. The van der Waals surface area contributed by atoms with Crippen molar-refractivity contribution >= 4 is 9.84 Å². The van der Waals surface area contributed by atoms with Crippen LogP contribution in [0.1, 0.15) is 12.0 Å². The minimum absolute atomic E-state index is 0.281. The third-order valence-electron chi connectivity index (χ3n) is 2.73. The molecule has 0 spiro atoms. The minimum Gasteiger partial charge on any atom is -0.325 e. The van der Waals surface area contributed by atoms with Gasteiger partial charge in [0.25, 0.3) is 0 Å². The Labute approximate surface area is 105 Å². The molecule has 0 radical (unpaired) electrons. The van der Waals surface area contributed by atoms with Crippen molar-refractivity contribution in [2.75, 3.05) is 32.6 Å². The van der Waals surface area contributed by atoms with Gasteiger partial charge in [0, 0.05) is 18.2 Å². The van der Waals surface area contributed by atoms with Crippen molar-refractivity contribution in [2.24, 2.45) is 0 Å². The van der Waals surface area contributed by atoms with E-state index >= 15 is 0 Å². The summed E-state index contributed by atoms with van der Waals surface area (Å²) in [6, 6.07) is 10.3. The quantitative estimate of drug-likeness (QED) is 0.726. The van der Waals surface area contributed by atoms with Crippen LogP contribution in [0.15, 0.2) is 30.3 Å². The minimum atomic E-state index is -2.83. The van der Waals surface area contributed by atoms with Gasteiger partial charge in [0.2, 0.25) is 0 Å². The second kappa shape index (κ2) is 5.65. The van der Waals surface area contributed by atoms with Crippen molar-refractivity contribution in [1.82, 2.24) is 0 Å². The zero-order valence-corrected chi connectivity index (χ0v) is 11.7. The molecule has 0 saturated carbocycles. The Morgan fingerprint density at radius 1 is 1.12 bits per heavy atom. The van der Waals surface area contributed by atoms with Gasteiger partial charge < -0.3 is 4.48 Å². The molecule has 0 saturated heterocycles. The lowest BCUT2D eigenvalue weighted by Gasteiger charge is -2.29. The molecule has 0 amide bonds. The summed E-state index contributed by atoms with van der Waals surface area (Å²) in [5, 5.41) is 0. The lowest BCUT2D eigenvalue weighted by atomic mass is 10.2. The Morgan fingerprint density at radius 2 is 1.71 bits per heavy atom. The first-order chi connectivity index (χ1) is 7.79. The van der Waals surface area contributed by atoms with Gasteiger partial charge in [0.05, 0.1) is 26.4 Å². The second-order valence-electron chi connectivity index (χ2n) is 5.29. The normalized spacial score (nSPS) is 12.6. The number of rotatable bonds is 6. The van der Waals surface area contributed by atoms with E-state index < -0.39 is 9.84 Å². The zero-order chi connectivity index (χ0) is 12.9. The molecule has 0 N–H and O–H groups in total. The molecule has 0 bridgehead atoms. The molecule has 96 valence electrons. The van der Waals surface area contributed by atoms with E-state index in [4.69, 9.17) is 0 Å². The van der Waals surface area contributed by atoms with E-state index in [9.17, 15) is 8.42 Å². The van der Waals surface area contributed by atoms with E-state index in [1.165, 1.54) is 11.8 Å². The van der Waals surface area contributed by atoms with Crippen molar-refractivity contribution in [2.45, 2.75) is 13.0 Å². The first kappa shape index (κ1) is 14.2. The zero-order valence-electron chi connectivity index (χ0n) is 10.9. The third kappa shape index (κ3) is 6.44. The smallest absolute Gasteiger partial charge is 0.147 e. The Hall–Kier alpha value is -0.870. The van der Waals surface area contributed by atoms with E-state index in [2.05, 4.69) is 26.2 Å². The van der Waals surface area contributed by atoms with Gasteiger partial charge in [-0.2, -0.15) is 0 Å². The van der Waals surface area contributed by atoms with Crippen LogP contribution in [0.5, 0.6) is 0 Å². The molecule has 0 aliphatic heterocycles. The second-order valence-corrected chi connectivity index (χ2v) is 7.55. The van der Waals surface area contributed by atoms with Crippen molar-refractivity contribution in [1.29, 1.82) is 0 Å². The lowest BCUT2D eigenvalue weighted by molar-refractivity contribution is -0.903. The van der Waals surface area contributed by atoms with Gasteiger partial charge in [0.15, 0.2) is 0 Å². The summed E-state index contributed by atoms with van der Waals surface area (Å²) in [5.74, 6) is 0.281. The maximum atomic E-state index is 11.1. The number of hydrogen-bond acceptors (Lipinski definition) is 2. The maximum Gasteiger partial charge on any atom is 0.147 e. The van der Waals surface area contributed by atoms with Gasteiger partial charge in [-0.1, -0.05) is 30.3 Å². The van der Waals surface area contributed by atoms with Crippen molar-refractivity contribution < 1.29 is 12.9 Å². The Bertz CT molecular complexity index is 438. The molecule has 0 aliphatic rings. The van der Waals surface area contributed by atoms with Crippen LogP contribution in [0.25, 0.3) is 0 Å². The topological polar surface area (TPSA) is 34.1 Å². The highest BCUT2D eigenvalue weighted by molar-refractivity contribution is 7.90. The molecule has 1 rings (SSSR count). The standard InChI is InChI=1S/C13H22NO2S/c1-14(2,10-7-11-17(3,15)16)12-13-8-5-4-6-9-13/h4-6,8-9H,7,10-12H2,1-3H3/q+1. The van der Waals surface area contributed by atoms with Crippen LogP contribution in [0.2, 0.25) is 0 Å². The highest BCUT2D eigenvalue weighted by Gasteiger charge is 2.16. The summed E-state index contributed by atoms with van der Waals surface area (Å²) in [4.78, 5) is 0. The van der Waals surface area contributed by atoms with E-state index in [1.54, 1.807) is 0 Å². The third-order valence-corrected chi connectivity index (χ3v) is 3.76. The van der Waals surface area contributed by atoms with Gasteiger partial charge in [0.1, 0.15) is 16.4 Å². The molecule has 0 fully saturated rings. The van der Waals surface area contributed by atoms with Crippen LogP contribution in [0, 0.1) is 0 Å². The predicted octanol–water partition coefficient (Wildman–Crippen LogP) is 1.70. The molecule has 0 heterocycles. The molecular weight excluding hydrogens is 234 g/mol. The molecule has 17 heavy (non-hydrogen) atoms. The molecule has 0 aliphatic carbocycles.